The maximum absolute atomic E-state index is 13.9. The van der Waals surface area contributed by atoms with Crippen LogP contribution in [0.3, 0.4) is 0 Å². The van der Waals surface area contributed by atoms with E-state index in [0.717, 1.165) is 12.1 Å². The van der Waals surface area contributed by atoms with Crippen LogP contribution in [0, 0.1) is 11.6 Å². The Bertz CT molecular complexity index is 1430. The first-order chi connectivity index (χ1) is 15.8. The van der Waals surface area contributed by atoms with Gasteiger partial charge in [0, 0.05) is 12.5 Å². The smallest absolute Gasteiger partial charge is 0.278 e. The first kappa shape index (κ1) is 21.8. The zero-order chi connectivity index (χ0) is 23.5. The normalized spacial score (nSPS) is 10.8. The number of aromatic nitrogens is 2. The SMILES string of the molecule is CC(=O)Nc1ccccc1-c1nc2ccccc2n(CC(=O)Nc2c(F)cccc2F)c1=O. The lowest BCUT2D eigenvalue weighted by Crippen LogP contribution is -2.30. The first-order valence-corrected chi connectivity index (χ1v) is 9.95. The second-order valence-corrected chi connectivity index (χ2v) is 7.21. The van der Waals surface area contributed by atoms with Gasteiger partial charge in [0.05, 0.1) is 16.7 Å². The molecule has 0 bridgehead atoms. The molecule has 0 saturated heterocycles. The fourth-order valence-electron chi connectivity index (χ4n) is 3.45. The predicted octanol–water partition coefficient (Wildman–Crippen LogP) is 3.94. The molecule has 0 aliphatic heterocycles. The number of carbonyl (C=O) groups is 2. The van der Waals surface area contributed by atoms with Crippen LogP contribution in [0.2, 0.25) is 0 Å². The van der Waals surface area contributed by atoms with E-state index in [1.807, 2.05) is 0 Å². The number of rotatable bonds is 5. The predicted molar refractivity (Wildman–Crippen MR) is 121 cm³/mol. The first-order valence-electron chi connectivity index (χ1n) is 9.95. The highest BCUT2D eigenvalue weighted by Crippen LogP contribution is 2.26. The molecule has 0 spiro atoms. The third kappa shape index (κ3) is 4.47. The van der Waals surface area contributed by atoms with Crippen molar-refractivity contribution in [3.8, 4) is 11.3 Å². The van der Waals surface area contributed by atoms with E-state index in [1.54, 1.807) is 48.5 Å². The van der Waals surface area contributed by atoms with E-state index in [1.165, 1.54) is 17.6 Å². The van der Waals surface area contributed by atoms with Gasteiger partial charge < -0.3 is 10.6 Å². The summed E-state index contributed by atoms with van der Waals surface area (Å²) in [6.07, 6.45) is 0. The summed E-state index contributed by atoms with van der Waals surface area (Å²) < 4.78 is 29.1. The molecule has 166 valence electrons. The van der Waals surface area contributed by atoms with Crippen molar-refractivity contribution in [3.05, 3.63) is 88.7 Å². The van der Waals surface area contributed by atoms with Crippen LogP contribution in [0.5, 0.6) is 0 Å². The monoisotopic (exact) mass is 448 g/mol. The second-order valence-electron chi connectivity index (χ2n) is 7.21. The van der Waals surface area contributed by atoms with Crippen molar-refractivity contribution in [3.63, 3.8) is 0 Å². The van der Waals surface area contributed by atoms with Crippen molar-refractivity contribution < 1.29 is 18.4 Å². The number of carbonyl (C=O) groups excluding carboxylic acids is 2. The number of halogens is 2. The van der Waals surface area contributed by atoms with E-state index in [-0.39, 0.29) is 11.6 Å². The number of hydrogen-bond donors (Lipinski definition) is 2. The summed E-state index contributed by atoms with van der Waals surface area (Å²) in [4.78, 5) is 42.1. The standard InChI is InChI=1S/C24H18F2N4O3/c1-14(31)27-18-10-3-2-7-15(18)22-24(33)30(20-12-5-4-11-19(20)28-22)13-21(32)29-23-16(25)8-6-9-17(23)26/h2-12H,13H2,1H3,(H,27,31)(H,29,32). The molecule has 33 heavy (non-hydrogen) atoms. The average molecular weight is 448 g/mol. The summed E-state index contributed by atoms with van der Waals surface area (Å²) in [5, 5.41) is 4.85. The molecule has 4 rings (SSSR count). The summed E-state index contributed by atoms with van der Waals surface area (Å²) in [6, 6.07) is 16.6. The number of fused-ring (bicyclic) bond motifs is 1. The third-order valence-electron chi connectivity index (χ3n) is 4.87. The van der Waals surface area contributed by atoms with Gasteiger partial charge in [0.15, 0.2) is 0 Å². The minimum Gasteiger partial charge on any atom is -0.326 e. The number of nitrogens with zero attached hydrogens (tertiary/aromatic N) is 2. The molecular formula is C24H18F2N4O3. The Balaban J connectivity index is 1.81. The Labute approximate surface area is 186 Å². The second kappa shape index (κ2) is 8.99. The maximum atomic E-state index is 13.9. The van der Waals surface area contributed by atoms with Crippen molar-refractivity contribution in [2.45, 2.75) is 13.5 Å². The lowest BCUT2D eigenvalue weighted by molar-refractivity contribution is -0.117. The number of para-hydroxylation sites is 4. The molecular weight excluding hydrogens is 430 g/mol. The maximum Gasteiger partial charge on any atom is 0.278 e. The van der Waals surface area contributed by atoms with Gasteiger partial charge in [-0.2, -0.15) is 0 Å². The molecule has 3 aromatic carbocycles. The fraction of sp³-hybridized carbons (Fsp3) is 0.0833. The number of hydrogen-bond acceptors (Lipinski definition) is 4. The van der Waals surface area contributed by atoms with E-state index in [4.69, 9.17) is 0 Å². The van der Waals surface area contributed by atoms with Gasteiger partial charge in [-0.3, -0.25) is 19.0 Å². The Morgan fingerprint density at radius 3 is 2.30 bits per heavy atom. The fourth-order valence-corrected chi connectivity index (χ4v) is 3.45. The molecule has 0 unspecified atom stereocenters. The highest BCUT2D eigenvalue weighted by atomic mass is 19.1. The highest BCUT2D eigenvalue weighted by Gasteiger charge is 2.19. The van der Waals surface area contributed by atoms with Crippen LogP contribution in [0.15, 0.2) is 71.5 Å². The van der Waals surface area contributed by atoms with Gasteiger partial charge in [-0.1, -0.05) is 36.4 Å². The van der Waals surface area contributed by atoms with E-state index >= 15 is 0 Å². The van der Waals surface area contributed by atoms with Crippen molar-refractivity contribution in [2.75, 3.05) is 10.6 Å². The Morgan fingerprint density at radius 2 is 1.58 bits per heavy atom. The molecule has 4 aromatic rings. The van der Waals surface area contributed by atoms with E-state index in [2.05, 4.69) is 15.6 Å². The van der Waals surface area contributed by atoms with E-state index in [9.17, 15) is 23.2 Å². The zero-order valence-electron chi connectivity index (χ0n) is 17.4. The molecule has 0 aliphatic rings. The highest BCUT2D eigenvalue weighted by molar-refractivity contribution is 5.95. The summed E-state index contributed by atoms with van der Waals surface area (Å²) >= 11 is 0. The molecule has 9 heteroatoms. The molecule has 0 saturated carbocycles. The molecule has 1 aromatic heterocycles. The van der Waals surface area contributed by atoms with Crippen LogP contribution >= 0.6 is 0 Å². The van der Waals surface area contributed by atoms with Crippen molar-refractivity contribution in [1.82, 2.24) is 9.55 Å². The number of anilines is 2. The Hall–Kier alpha value is -4.40. The molecule has 0 radical (unpaired) electrons. The minimum absolute atomic E-state index is 0.0166. The van der Waals surface area contributed by atoms with Gasteiger partial charge >= 0.3 is 0 Å². The third-order valence-corrected chi connectivity index (χ3v) is 4.87. The van der Waals surface area contributed by atoms with Gasteiger partial charge in [-0.15, -0.1) is 0 Å². The number of benzene rings is 3. The molecule has 2 amide bonds. The molecule has 0 atom stereocenters. The van der Waals surface area contributed by atoms with Crippen LogP contribution in [0.25, 0.3) is 22.3 Å². The summed E-state index contributed by atoms with van der Waals surface area (Å²) in [5.41, 5.74) is 0.373. The van der Waals surface area contributed by atoms with E-state index in [0.29, 0.717) is 22.3 Å². The number of nitrogens with one attached hydrogen (secondary N) is 2. The minimum atomic E-state index is -0.930. The van der Waals surface area contributed by atoms with Gasteiger partial charge in [0.1, 0.15) is 29.6 Å². The molecule has 0 fully saturated rings. The van der Waals surface area contributed by atoms with Gasteiger partial charge in [-0.05, 0) is 30.3 Å². The lowest BCUT2D eigenvalue weighted by Gasteiger charge is -2.15. The van der Waals surface area contributed by atoms with Crippen LogP contribution in [0.1, 0.15) is 6.92 Å². The quantitative estimate of drug-likeness (QED) is 0.484. The topological polar surface area (TPSA) is 93.1 Å². The summed E-state index contributed by atoms with van der Waals surface area (Å²) in [6.45, 7) is 0.833. The zero-order valence-corrected chi connectivity index (χ0v) is 17.4. The molecule has 2 N–H and O–H groups in total. The van der Waals surface area contributed by atoms with Crippen molar-refractivity contribution in [1.29, 1.82) is 0 Å². The number of amides is 2. The Morgan fingerprint density at radius 1 is 0.909 bits per heavy atom. The van der Waals surface area contributed by atoms with Crippen LogP contribution in [-0.4, -0.2) is 21.4 Å². The van der Waals surface area contributed by atoms with Crippen molar-refractivity contribution >= 4 is 34.2 Å². The van der Waals surface area contributed by atoms with Gasteiger partial charge in [-0.25, -0.2) is 13.8 Å². The Kier molecular flexibility index (Phi) is 5.95. The van der Waals surface area contributed by atoms with E-state index < -0.39 is 35.3 Å². The van der Waals surface area contributed by atoms with Crippen molar-refractivity contribution in [2.24, 2.45) is 0 Å². The lowest BCUT2D eigenvalue weighted by atomic mass is 10.1. The van der Waals surface area contributed by atoms with Crippen LogP contribution < -0.4 is 16.2 Å². The molecule has 0 aliphatic carbocycles. The summed E-state index contributed by atoms with van der Waals surface area (Å²) in [7, 11) is 0. The molecule has 1 heterocycles. The molecule has 7 nitrogen and oxygen atoms in total. The average Bonchev–Trinajstić information content (AvgIpc) is 2.78. The van der Waals surface area contributed by atoms with Crippen LogP contribution in [0.4, 0.5) is 20.2 Å². The van der Waals surface area contributed by atoms with Crippen LogP contribution in [-0.2, 0) is 16.1 Å². The van der Waals surface area contributed by atoms with Gasteiger partial charge in [0.25, 0.3) is 5.56 Å². The van der Waals surface area contributed by atoms with Gasteiger partial charge in [0.2, 0.25) is 11.8 Å². The largest absolute Gasteiger partial charge is 0.326 e. The summed E-state index contributed by atoms with van der Waals surface area (Å²) in [5.74, 6) is -2.98.